The molecule has 1 aliphatic heterocycles. The van der Waals surface area contributed by atoms with E-state index in [-0.39, 0.29) is 31.3 Å². The van der Waals surface area contributed by atoms with Gasteiger partial charge >= 0.3 is 0 Å². The third-order valence-electron chi connectivity index (χ3n) is 4.38. The zero-order chi connectivity index (χ0) is 21.3. The number of piperazine rings is 1. The van der Waals surface area contributed by atoms with Crippen LogP contribution in [0.3, 0.4) is 0 Å². The van der Waals surface area contributed by atoms with Gasteiger partial charge in [-0.3, -0.25) is 10.1 Å². The molecule has 29 heavy (non-hydrogen) atoms. The Morgan fingerprint density at radius 1 is 0.931 bits per heavy atom. The van der Waals surface area contributed by atoms with Gasteiger partial charge < -0.3 is 9.80 Å². The normalized spacial score (nSPS) is 14.1. The smallest absolute Gasteiger partial charge is 0.257 e. The molecule has 1 fully saturated rings. The summed E-state index contributed by atoms with van der Waals surface area (Å²) in [7, 11) is 0. The molecule has 0 bridgehead atoms. The molecule has 4 nitrogen and oxygen atoms in total. The van der Waals surface area contributed by atoms with Crippen LogP contribution in [0.4, 0.5) is 27.6 Å². The molecule has 0 spiro atoms. The number of hydrogen-bond donors (Lipinski definition) is 1. The number of carbonyl (C=O) groups excluding carboxylic acids is 1. The van der Waals surface area contributed by atoms with Crippen molar-refractivity contribution in [1.29, 1.82) is 0 Å². The number of rotatable bonds is 2. The van der Waals surface area contributed by atoms with Gasteiger partial charge in [0, 0.05) is 36.8 Å². The molecule has 2 aromatic carbocycles. The van der Waals surface area contributed by atoms with Gasteiger partial charge in [-0.2, -0.15) is 0 Å². The molecule has 0 unspecified atom stereocenters. The molecule has 0 atom stereocenters. The summed E-state index contributed by atoms with van der Waals surface area (Å²) < 4.78 is 68.0. The average Bonchev–Trinajstić information content (AvgIpc) is 2.71. The van der Waals surface area contributed by atoms with Crippen molar-refractivity contribution in [1.82, 2.24) is 10.2 Å². The highest BCUT2D eigenvalue weighted by atomic mass is 35.5. The fraction of sp³-hybridized carbons (Fsp3) is 0.222. The van der Waals surface area contributed by atoms with Crippen LogP contribution < -0.4 is 10.2 Å². The topological polar surface area (TPSA) is 35.6 Å². The van der Waals surface area contributed by atoms with E-state index in [2.05, 4.69) is 5.32 Å². The van der Waals surface area contributed by atoms with E-state index in [1.54, 1.807) is 23.1 Å². The summed E-state index contributed by atoms with van der Waals surface area (Å²) >= 11 is 11.0. The lowest BCUT2D eigenvalue weighted by Crippen LogP contribution is -2.53. The predicted molar refractivity (Wildman–Crippen MR) is 102 cm³/mol. The van der Waals surface area contributed by atoms with Crippen molar-refractivity contribution in [3.05, 3.63) is 63.9 Å². The average molecular weight is 450 g/mol. The highest BCUT2D eigenvalue weighted by Gasteiger charge is 2.31. The van der Waals surface area contributed by atoms with E-state index in [0.29, 0.717) is 10.6 Å². The van der Waals surface area contributed by atoms with Crippen LogP contribution in [0, 0.1) is 29.1 Å². The Hall–Kier alpha value is -2.46. The molecule has 1 amide bonds. The summed E-state index contributed by atoms with van der Waals surface area (Å²) in [4.78, 5) is 14.8. The summed E-state index contributed by atoms with van der Waals surface area (Å²) in [5.74, 6) is -10.4. The molecular formula is C18H13ClF5N3OS. The van der Waals surface area contributed by atoms with E-state index in [4.69, 9.17) is 23.8 Å². The minimum Gasteiger partial charge on any atom is -0.363 e. The maximum absolute atomic E-state index is 14.0. The fourth-order valence-electron chi connectivity index (χ4n) is 2.88. The van der Waals surface area contributed by atoms with Gasteiger partial charge in [0.1, 0.15) is 5.69 Å². The van der Waals surface area contributed by atoms with E-state index in [0.717, 1.165) is 4.90 Å². The van der Waals surface area contributed by atoms with Crippen molar-refractivity contribution in [2.24, 2.45) is 0 Å². The number of hydrogen-bond acceptors (Lipinski definition) is 3. The van der Waals surface area contributed by atoms with E-state index in [1.807, 2.05) is 0 Å². The molecule has 1 aliphatic rings. The maximum Gasteiger partial charge on any atom is 0.257 e. The monoisotopic (exact) mass is 449 g/mol. The molecule has 1 heterocycles. The summed E-state index contributed by atoms with van der Waals surface area (Å²) in [5.41, 5.74) is -0.685. The number of anilines is 1. The van der Waals surface area contributed by atoms with Crippen molar-refractivity contribution in [3.8, 4) is 0 Å². The van der Waals surface area contributed by atoms with E-state index >= 15 is 0 Å². The van der Waals surface area contributed by atoms with Crippen LogP contribution >= 0.6 is 23.8 Å². The highest BCUT2D eigenvalue weighted by Crippen LogP contribution is 2.30. The van der Waals surface area contributed by atoms with Crippen LogP contribution in [-0.4, -0.2) is 42.1 Å². The highest BCUT2D eigenvalue weighted by molar-refractivity contribution is 7.80. The summed E-state index contributed by atoms with van der Waals surface area (Å²) in [6.07, 6.45) is 0. The molecule has 0 aromatic heterocycles. The Labute approximate surface area is 172 Å². The molecule has 0 aliphatic carbocycles. The van der Waals surface area contributed by atoms with Gasteiger partial charge in [0.15, 0.2) is 28.4 Å². The zero-order valence-corrected chi connectivity index (χ0v) is 16.2. The van der Waals surface area contributed by atoms with Crippen molar-refractivity contribution in [2.45, 2.75) is 0 Å². The lowest BCUT2D eigenvalue weighted by molar-refractivity contribution is 0.0973. The molecule has 2 aromatic rings. The second-order valence-electron chi connectivity index (χ2n) is 6.16. The third kappa shape index (κ3) is 4.27. The van der Waals surface area contributed by atoms with Crippen LogP contribution in [-0.2, 0) is 0 Å². The predicted octanol–water partition coefficient (Wildman–Crippen LogP) is 3.87. The quantitative estimate of drug-likeness (QED) is 0.327. The molecule has 0 saturated carbocycles. The van der Waals surface area contributed by atoms with Crippen LogP contribution in [0.2, 0.25) is 5.02 Å². The van der Waals surface area contributed by atoms with Crippen LogP contribution in [0.5, 0.6) is 0 Å². The van der Waals surface area contributed by atoms with Gasteiger partial charge in [-0.15, -0.1) is 0 Å². The number of thiocarbonyl (C=S) groups is 1. The van der Waals surface area contributed by atoms with Gasteiger partial charge in [-0.1, -0.05) is 17.7 Å². The molecule has 3 rings (SSSR count). The number of halogens is 6. The van der Waals surface area contributed by atoms with E-state index in [9.17, 15) is 26.7 Å². The second-order valence-corrected chi connectivity index (χ2v) is 6.99. The standard InChI is InChI=1S/C18H13ClF5N3OS/c19-10-3-1-2-9(8-10)17(28)25-18(29)27-6-4-26(5-7-27)16-14(23)12(21)11(20)13(22)15(16)24/h1-3,8H,4-7H2,(H,25,28,29). The lowest BCUT2D eigenvalue weighted by atomic mass is 10.2. The first-order valence-corrected chi connectivity index (χ1v) is 9.11. The molecule has 11 heteroatoms. The fourth-order valence-corrected chi connectivity index (χ4v) is 3.35. The van der Waals surface area contributed by atoms with Gasteiger partial charge in [0.2, 0.25) is 5.82 Å². The van der Waals surface area contributed by atoms with Gasteiger partial charge in [0.05, 0.1) is 0 Å². The van der Waals surface area contributed by atoms with Crippen LogP contribution in [0.25, 0.3) is 0 Å². The number of carbonyl (C=O) groups is 1. The van der Waals surface area contributed by atoms with Gasteiger partial charge in [-0.05, 0) is 30.4 Å². The van der Waals surface area contributed by atoms with Crippen LogP contribution in [0.15, 0.2) is 24.3 Å². The van der Waals surface area contributed by atoms with E-state index < -0.39 is 40.7 Å². The lowest BCUT2D eigenvalue weighted by Gasteiger charge is -2.37. The third-order valence-corrected chi connectivity index (χ3v) is 4.97. The molecule has 154 valence electrons. The largest absolute Gasteiger partial charge is 0.363 e. The number of nitrogens with zero attached hydrogens (tertiary/aromatic N) is 2. The Kier molecular flexibility index (Phi) is 6.23. The number of benzene rings is 2. The van der Waals surface area contributed by atoms with Crippen LogP contribution in [0.1, 0.15) is 10.4 Å². The van der Waals surface area contributed by atoms with Crippen molar-refractivity contribution in [2.75, 3.05) is 31.1 Å². The van der Waals surface area contributed by atoms with Crippen molar-refractivity contribution >= 4 is 40.5 Å². The van der Waals surface area contributed by atoms with Gasteiger partial charge in [-0.25, -0.2) is 22.0 Å². The molecule has 1 N–H and O–H groups in total. The first-order valence-electron chi connectivity index (χ1n) is 8.33. The Bertz CT molecular complexity index is 953. The summed E-state index contributed by atoms with van der Waals surface area (Å²) in [5, 5.41) is 2.97. The van der Waals surface area contributed by atoms with Crippen molar-refractivity contribution < 1.29 is 26.7 Å². The Balaban J connectivity index is 1.67. The number of amides is 1. The summed E-state index contributed by atoms with van der Waals surface area (Å²) in [6.45, 7) is 0.0827. The minimum absolute atomic E-state index is 0.0640. The number of nitrogens with one attached hydrogen (secondary N) is 1. The Morgan fingerprint density at radius 3 is 2.03 bits per heavy atom. The first-order chi connectivity index (χ1) is 13.7. The molecule has 0 radical (unpaired) electrons. The zero-order valence-electron chi connectivity index (χ0n) is 14.6. The molecular weight excluding hydrogens is 437 g/mol. The first kappa shape index (κ1) is 21.3. The minimum atomic E-state index is -2.20. The van der Waals surface area contributed by atoms with E-state index in [1.165, 1.54) is 6.07 Å². The maximum atomic E-state index is 14.0. The second kappa shape index (κ2) is 8.50. The molecule has 1 saturated heterocycles. The van der Waals surface area contributed by atoms with Gasteiger partial charge in [0.25, 0.3) is 5.91 Å². The van der Waals surface area contributed by atoms with Crippen molar-refractivity contribution in [3.63, 3.8) is 0 Å². The summed E-state index contributed by atoms with van der Waals surface area (Å²) in [6, 6.07) is 6.21. The SMILES string of the molecule is O=C(NC(=S)N1CCN(c2c(F)c(F)c(F)c(F)c2F)CC1)c1cccc(Cl)c1. The Morgan fingerprint density at radius 2 is 1.48 bits per heavy atom.